The fourth-order valence-corrected chi connectivity index (χ4v) is 2.45. The highest BCUT2D eigenvalue weighted by Crippen LogP contribution is 2.30. The monoisotopic (exact) mass is 223 g/mol. The average molecular weight is 223 g/mol. The summed E-state index contributed by atoms with van der Waals surface area (Å²) in [5, 5.41) is 9.50. The molecule has 2 rings (SSSR count). The second-order valence-corrected chi connectivity index (χ2v) is 4.70. The van der Waals surface area contributed by atoms with E-state index < -0.39 is 0 Å². The number of hydrogen-bond acceptors (Lipinski definition) is 3. The standard InChI is InChI=1S/C12H21N3O/c1-2-11(13)12-7-14-8-15(12)9-3-5-10(16)6-4-9/h7-11,16H,2-6,13H2,1H3/t9?,10?,11-/m1/s1. The molecule has 1 aliphatic rings. The lowest BCUT2D eigenvalue weighted by Gasteiger charge is -2.28. The second-order valence-electron chi connectivity index (χ2n) is 4.70. The number of imidazole rings is 1. The van der Waals surface area contributed by atoms with Gasteiger partial charge in [-0.1, -0.05) is 6.92 Å². The molecule has 4 nitrogen and oxygen atoms in total. The number of rotatable bonds is 3. The first-order valence-corrected chi connectivity index (χ1v) is 6.17. The molecule has 1 saturated carbocycles. The van der Waals surface area contributed by atoms with Crippen LogP contribution in [0.4, 0.5) is 0 Å². The van der Waals surface area contributed by atoms with Crippen LogP contribution in [0, 0.1) is 0 Å². The van der Waals surface area contributed by atoms with Gasteiger partial charge in [0.05, 0.1) is 18.1 Å². The van der Waals surface area contributed by atoms with Crippen molar-refractivity contribution in [3.63, 3.8) is 0 Å². The van der Waals surface area contributed by atoms with Gasteiger partial charge in [0.2, 0.25) is 0 Å². The molecule has 1 heterocycles. The van der Waals surface area contributed by atoms with E-state index in [2.05, 4.69) is 16.5 Å². The molecular weight excluding hydrogens is 202 g/mol. The van der Waals surface area contributed by atoms with Crippen LogP contribution in [0.1, 0.15) is 56.8 Å². The number of aliphatic hydroxyl groups excluding tert-OH is 1. The average Bonchev–Trinajstić information content (AvgIpc) is 2.78. The highest BCUT2D eigenvalue weighted by Gasteiger charge is 2.23. The van der Waals surface area contributed by atoms with Gasteiger partial charge in [-0.25, -0.2) is 4.98 Å². The number of nitrogens with zero attached hydrogens (tertiary/aromatic N) is 2. The molecule has 0 bridgehead atoms. The molecule has 1 aromatic heterocycles. The topological polar surface area (TPSA) is 64.1 Å². The summed E-state index contributed by atoms with van der Waals surface area (Å²) in [7, 11) is 0. The molecule has 0 spiro atoms. The minimum absolute atomic E-state index is 0.0781. The van der Waals surface area contributed by atoms with Crippen LogP contribution in [0.25, 0.3) is 0 Å². The number of aliphatic hydroxyl groups is 1. The predicted octanol–water partition coefficient (Wildman–Crippen LogP) is 1.77. The highest BCUT2D eigenvalue weighted by atomic mass is 16.3. The summed E-state index contributed by atoms with van der Waals surface area (Å²) in [4.78, 5) is 4.21. The van der Waals surface area contributed by atoms with Crippen LogP contribution in [0.2, 0.25) is 0 Å². The van der Waals surface area contributed by atoms with Crippen molar-refractivity contribution in [1.29, 1.82) is 0 Å². The molecule has 0 radical (unpaired) electrons. The third-order valence-electron chi connectivity index (χ3n) is 3.58. The fraction of sp³-hybridized carbons (Fsp3) is 0.750. The second kappa shape index (κ2) is 4.97. The molecular formula is C12H21N3O. The molecule has 0 aliphatic heterocycles. The lowest BCUT2D eigenvalue weighted by atomic mass is 9.92. The first-order chi connectivity index (χ1) is 7.72. The van der Waals surface area contributed by atoms with Gasteiger partial charge < -0.3 is 15.4 Å². The third-order valence-corrected chi connectivity index (χ3v) is 3.58. The van der Waals surface area contributed by atoms with Crippen molar-refractivity contribution in [1.82, 2.24) is 9.55 Å². The summed E-state index contributed by atoms with van der Waals surface area (Å²) in [6.07, 6.45) is 8.42. The van der Waals surface area contributed by atoms with Gasteiger partial charge in [0.25, 0.3) is 0 Å². The zero-order valence-electron chi connectivity index (χ0n) is 9.84. The van der Waals surface area contributed by atoms with Crippen molar-refractivity contribution in [3.8, 4) is 0 Å². The zero-order chi connectivity index (χ0) is 11.5. The van der Waals surface area contributed by atoms with Crippen molar-refractivity contribution >= 4 is 0 Å². The van der Waals surface area contributed by atoms with Gasteiger partial charge in [-0.3, -0.25) is 0 Å². The molecule has 3 N–H and O–H groups in total. The molecule has 0 saturated heterocycles. The summed E-state index contributed by atoms with van der Waals surface area (Å²) >= 11 is 0. The van der Waals surface area contributed by atoms with Crippen molar-refractivity contribution in [3.05, 3.63) is 18.2 Å². The number of nitrogens with two attached hydrogens (primary N) is 1. The Morgan fingerprint density at radius 3 is 2.81 bits per heavy atom. The van der Waals surface area contributed by atoms with Gasteiger partial charge >= 0.3 is 0 Å². The van der Waals surface area contributed by atoms with E-state index in [4.69, 9.17) is 5.73 Å². The van der Waals surface area contributed by atoms with Gasteiger partial charge in [0, 0.05) is 18.3 Å². The van der Waals surface area contributed by atoms with Gasteiger partial charge in [0.1, 0.15) is 0 Å². The van der Waals surface area contributed by atoms with Gasteiger partial charge in [0.15, 0.2) is 0 Å². The van der Waals surface area contributed by atoms with Crippen LogP contribution in [0.15, 0.2) is 12.5 Å². The SMILES string of the molecule is CC[C@@H](N)c1cncn1C1CCC(O)CC1. The Labute approximate surface area is 96.5 Å². The number of aromatic nitrogens is 2. The summed E-state index contributed by atoms with van der Waals surface area (Å²) in [5.41, 5.74) is 7.19. The van der Waals surface area contributed by atoms with Crippen LogP contribution in [0.3, 0.4) is 0 Å². The first kappa shape index (κ1) is 11.6. The van der Waals surface area contributed by atoms with Crippen LogP contribution in [-0.4, -0.2) is 20.8 Å². The van der Waals surface area contributed by atoms with Gasteiger partial charge in [-0.15, -0.1) is 0 Å². The molecule has 16 heavy (non-hydrogen) atoms. The first-order valence-electron chi connectivity index (χ1n) is 6.17. The Balaban J connectivity index is 2.11. The maximum Gasteiger partial charge on any atom is 0.0951 e. The molecule has 1 aromatic rings. The molecule has 1 aliphatic carbocycles. The predicted molar refractivity (Wildman–Crippen MR) is 63.0 cm³/mol. The van der Waals surface area contributed by atoms with E-state index in [9.17, 15) is 5.11 Å². The Morgan fingerprint density at radius 1 is 1.50 bits per heavy atom. The normalized spacial score (nSPS) is 27.9. The van der Waals surface area contributed by atoms with Gasteiger partial charge in [-0.05, 0) is 32.1 Å². The fourth-order valence-electron chi connectivity index (χ4n) is 2.45. The quantitative estimate of drug-likeness (QED) is 0.820. The lowest BCUT2D eigenvalue weighted by Crippen LogP contribution is -2.24. The van der Waals surface area contributed by atoms with Crippen molar-refractivity contribution in [2.75, 3.05) is 0 Å². The largest absolute Gasteiger partial charge is 0.393 e. The van der Waals surface area contributed by atoms with Crippen molar-refractivity contribution < 1.29 is 5.11 Å². The molecule has 0 amide bonds. The molecule has 1 atom stereocenters. The maximum atomic E-state index is 9.50. The third kappa shape index (κ3) is 2.28. The van der Waals surface area contributed by atoms with Crippen molar-refractivity contribution in [2.24, 2.45) is 5.73 Å². The van der Waals surface area contributed by atoms with Crippen LogP contribution in [-0.2, 0) is 0 Å². The van der Waals surface area contributed by atoms with Crippen LogP contribution in [0.5, 0.6) is 0 Å². The smallest absolute Gasteiger partial charge is 0.0951 e. The Hall–Kier alpha value is -0.870. The summed E-state index contributed by atoms with van der Waals surface area (Å²) in [6.45, 7) is 2.09. The molecule has 0 aromatic carbocycles. The van der Waals surface area contributed by atoms with Crippen molar-refractivity contribution in [2.45, 2.75) is 57.2 Å². The van der Waals surface area contributed by atoms with Crippen LogP contribution < -0.4 is 5.73 Å². The molecule has 1 fully saturated rings. The summed E-state index contributed by atoms with van der Waals surface area (Å²) in [6, 6.07) is 0.549. The minimum atomic E-state index is -0.108. The van der Waals surface area contributed by atoms with E-state index in [1.807, 2.05) is 12.5 Å². The molecule has 0 unspecified atom stereocenters. The van der Waals surface area contributed by atoms with E-state index in [0.717, 1.165) is 37.8 Å². The molecule has 90 valence electrons. The van der Waals surface area contributed by atoms with Gasteiger partial charge in [-0.2, -0.15) is 0 Å². The number of hydrogen-bond donors (Lipinski definition) is 2. The summed E-state index contributed by atoms with van der Waals surface area (Å²) < 4.78 is 2.21. The highest BCUT2D eigenvalue weighted by molar-refractivity contribution is 5.06. The zero-order valence-corrected chi connectivity index (χ0v) is 9.84. The Morgan fingerprint density at radius 2 is 2.19 bits per heavy atom. The van der Waals surface area contributed by atoms with E-state index in [0.29, 0.717) is 6.04 Å². The molecule has 4 heteroatoms. The maximum absolute atomic E-state index is 9.50. The van der Waals surface area contributed by atoms with E-state index in [1.54, 1.807) is 0 Å². The minimum Gasteiger partial charge on any atom is -0.393 e. The van der Waals surface area contributed by atoms with E-state index >= 15 is 0 Å². The van der Waals surface area contributed by atoms with E-state index in [-0.39, 0.29) is 12.1 Å². The Kier molecular flexibility index (Phi) is 3.61. The van der Waals surface area contributed by atoms with Crippen LogP contribution >= 0.6 is 0 Å². The Bertz CT molecular complexity index is 329. The lowest BCUT2D eigenvalue weighted by molar-refractivity contribution is 0.110. The van der Waals surface area contributed by atoms with E-state index in [1.165, 1.54) is 0 Å². The summed E-state index contributed by atoms with van der Waals surface area (Å²) in [5.74, 6) is 0.